The Morgan fingerprint density at radius 3 is 2.55 bits per heavy atom. The number of amides is 2. The van der Waals surface area contributed by atoms with Gasteiger partial charge in [0.2, 0.25) is 5.91 Å². The fourth-order valence-corrected chi connectivity index (χ4v) is 4.56. The molecule has 2 amide bonds. The Labute approximate surface area is 196 Å². The summed E-state index contributed by atoms with van der Waals surface area (Å²) in [5.74, 6) is 2.04. The Morgan fingerprint density at radius 2 is 1.91 bits per heavy atom. The van der Waals surface area contributed by atoms with Crippen LogP contribution in [0.4, 0.5) is 0 Å². The maximum absolute atomic E-state index is 12.6. The molecule has 6 heteroatoms. The van der Waals surface area contributed by atoms with Crippen molar-refractivity contribution in [3.8, 4) is 5.75 Å². The molecule has 0 radical (unpaired) electrons. The van der Waals surface area contributed by atoms with E-state index in [9.17, 15) is 9.59 Å². The second-order valence-electron chi connectivity index (χ2n) is 9.20. The molecule has 1 aromatic carbocycles. The monoisotopic (exact) mass is 449 g/mol. The van der Waals surface area contributed by atoms with E-state index in [-0.39, 0.29) is 23.7 Å². The summed E-state index contributed by atoms with van der Waals surface area (Å²) in [7, 11) is 1.61. The minimum Gasteiger partial charge on any atom is -0.497 e. The molecule has 2 aromatic rings. The van der Waals surface area contributed by atoms with Crippen molar-refractivity contribution in [3.63, 3.8) is 0 Å². The Kier molecular flexibility index (Phi) is 8.64. The number of nitrogens with zero attached hydrogens (tertiary/aromatic N) is 1. The molecule has 0 saturated carbocycles. The lowest BCUT2D eigenvalue weighted by molar-refractivity contribution is -0.122. The lowest BCUT2D eigenvalue weighted by Crippen LogP contribution is -2.37. The van der Waals surface area contributed by atoms with Crippen molar-refractivity contribution < 1.29 is 14.3 Å². The van der Waals surface area contributed by atoms with Gasteiger partial charge in [-0.25, -0.2) is 0 Å². The second kappa shape index (κ2) is 11.6. The van der Waals surface area contributed by atoms with Crippen molar-refractivity contribution in [2.75, 3.05) is 13.7 Å². The molecule has 0 saturated heterocycles. The summed E-state index contributed by atoms with van der Waals surface area (Å²) in [5.41, 5.74) is 2.85. The van der Waals surface area contributed by atoms with Crippen LogP contribution in [0.15, 0.2) is 60.4 Å². The molecule has 0 spiro atoms. The molecule has 1 aliphatic carbocycles. The molecule has 0 fully saturated rings. The van der Waals surface area contributed by atoms with Crippen LogP contribution in [0, 0.1) is 23.7 Å². The third-order valence-corrected chi connectivity index (χ3v) is 6.58. The smallest absolute Gasteiger partial charge is 0.251 e. The Morgan fingerprint density at radius 1 is 1.15 bits per heavy atom. The first-order chi connectivity index (χ1) is 15.9. The zero-order chi connectivity index (χ0) is 23.8. The van der Waals surface area contributed by atoms with Gasteiger partial charge in [-0.3, -0.25) is 14.6 Å². The van der Waals surface area contributed by atoms with Crippen LogP contribution < -0.4 is 15.4 Å². The number of pyridine rings is 1. The third kappa shape index (κ3) is 6.91. The zero-order valence-corrected chi connectivity index (χ0v) is 20.0. The highest BCUT2D eigenvalue weighted by Crippen LogP contribution is 2.38. The van der Waals surface area contributed by atoms with Crippen LogP contribution in [0.1, 0.15) is 49.5 Å². The van der Waals surface area contributed by atoms with Crippen molar-refractivity contribution in [1.29, 1.82) is 0 Å². The number of methoxy groups -OCH3 is 1. The highest BCUT2D eigenvalue weighted by molar-refractivity contribution is 5.94. The first-order valence-corrected chi connectivity index (χ1v) is 11.6. The summed E-state index contributed by atoms with van der Waals surface area (Å²) < 4.78 is 5.16. The van der Waals surface area contributed by atoms with Gasteiger partial charge >= 0.3 is 0 Å². The van der Waals surface area contributed by atoms with Gasteiger partial charge in [0.1, 0.15) is 5.75 Å². The van der Waals surface area contributed by atoms with Gasteiger partial charge in [-0.2, -0.15) is 0 Å². The SMILES string of the molecule is COc1ccc(C(=O)NCC2C=C(C)C(CC(=O)NCc3cccnc3)CC2C(C)C)cc1. The molecular formula is C27H35N3O3. The fraction of sp³-hybridized carbons (Fsp3) is 0.444. The number of carbonyl (C=O) groups is 2. The van der Waals surface area contributed by atoms with Crippen LogP contribution in [-0.2, 0) is 11.3 Å². The quantitative estimate of drug-likeness (QED) is 0.557. The van der Waals surface area contributed by atoms with E-state index in [1.165, 1.54) is 5.57 Å². The summed E-state index contributed by atoms with van der Waals surface area (Å²) in [4.78, 5) is 29.3. The molecule has 176 valence electrons. The van der Waals surface area contributed by atoms with Gasteiger partial charge in [-0.1, -0.05) is 31.6 Å². The number of hydrogen-bond donors (Lipinski definition) is 2. The van der Waals surface area contributed by atoms with Crippen LogP contribution in [-0.4, -0.2) is 30.5 Å². The van der Waals surface area contributed by atoms with E-state index in [1.807, 2.05) is 12.1 Å². The Bertz CT molecular complexity index is 954. The molecule has 33 heavy (non-hydrogen) atoms. The highest BCUT2D eigenvalue weighted by Gasteiger charge is 2.32. The number of hydrogen-bond acceptors (Lipinski definition) is 4. The van der Waals surface area contributed by atoms with E-state index >= 15 is 0 Å². The van der Waals surface area contributed by atoms with E-state index in [0.29, 0.717) is 36.9 Å². The van der Waals surface area contributed by atoms with Gasteiger partial charge in [0.25, 0.3) is 5.91 Å². The maximum atomic E-state index is 12.6. The predicted molar refractivity (Wildman–Crippen MR) is 130 cm³/mol. The number of allylic oxidation sites excluding steroid dienone is 1. The lowest BCUT2D eigenvalue weighted by atomic mass is 9.69. The van der Waals surface area contributed by atoms with Gasteiger partial charge in [-0.05, 0) is 72.9 Å². The number of benzene rings is 1. The van der Waals surface area contributed by atoms with Crippen molar-refractivity contribution in [1.82, 2.24) is 15.6 Å². The normalized spacial score (nSPS) is 20.2. The van der Waals surface area contributed by atoms with Gasteiger partial charge in [0.15, 0.2) is 0 Å². The summed E-state index contributed by atoms with van der Waals surface area (Å²) in [6.45, 7) is 7.63. The predicted octanol–water partition coefficient (Wildman–Crippen LogP) is 4.38. The summed E-state index contributed by atoms with van der Waals surface area (Å²) >= 11 is 0. The lowest BCUT2D eigenvalue weighted by Gasteiger charge is -2.37. The minimum atomic E-state index is -0.0804. The molecule has 3 atom stereocenters. The van der Waals surface area contributed by atoms with Crippen LogP contribution in [0.2, 0.25) is 0 Å². The average Bonchev–Trinajstić information content (AvgIpc) is 2.83. The molecule has 2 N–H and O–H groups in total. The van der Waals surface area contributed by atoms with Crippen LogP contribution in [0.3, 0.4) is 0 Å². The van der Waals surface area contributed by atoms with E-state index in [0.717, 1.165) is 17.7 Å². The fourth-order valence-electron chi connectivity index (χ4n) is 4.56. The first-order valence-electron chi connectivity index (χ1n) is 11.6. The Balaban J connectivity index is 1.57. The third-order valence-electron chi connectivity index (χ3n) is 6.58. The standard InChI is InChI=1S/C27H35N3O3/c1-18(2)25-13-22(14-26(31)29-16-20-6-5-11-28-15-20)19(3)12-23(25)17-30-27(32)21-7-9-24(33-4)10-8-21/h5-12,15,18,22-23,25H,13-14,16-17H2,1-4H3,(H,29,31)(H,30,32). The molecule has 3 unspecified atom stereocenters. The molecule has 6 nitrogen and oxygen atoms in total. The number of rotatable bonds is 9. The molecule has 1 aromatic heterocycles. The second-order valence-corrected chi connectivity index (χ2v) is 9.20. The van der Waals surface area contributed by atoms with E-state index < -0.39 is 0 Å². The molecule has 1 heterocycles. The number of carbonyl (C=O) groups excluding carboxylic acids is 2. The highest BCUT2D eigenvalue weighted by atomic mass is 16.5. The maximum Gasteiger partial charge on any atom is 0.251 e. The number of nitrogens with one attached hydrogen (secondary N) is 2. The van der Waals surface area contributed by atoms with Crippen molar-refractivity contribution in [3.05, 3.63) is 71.6 Å². The molecule has 0 aliphatic heterocycles. The van der Waals surface area contributed by atoms with E-state index in [4.69, 9.17) is 4.74 Å². The summed E-state index contributed by atoms with van der Waals surface area (Å²) in [6.07, 6.45) is 7.19. The summed E-state index contributed by atoms with van der Waals surface area (Å²) in [5, 5.41) is 6.11. The number of ether oxygens (including phenoxy) is 1. The molecule has 3 rings (SSSR count). The topological polar surface area (TPSA) is 80.3 Å². The van der Waals surface area contributed by atoms with E-state index in [2.05, 4.69) is 42.5 Å². The van der Waals surface area contributed by atoms with Gasteiger partial charge < -0.3 is 15.4 Å². The van der Waals surface area contributed by atoms with Gasteiger partial charge in [0, 0.05) is 37.5 Å². The van der Waals surface area contributed by atoms with Crippen molar-refractivity contribution in [2.24, 2.45) is 23.7 Å². The largest absolute Gasteiger partial charge is 0.497 e. The van der Waals surface area contributed by atoms with Crippen LogP contribution in [0.25, 0.3) is 0 Å². The minimum absolute atomic E-state index is 0.0605. The Hall–Kier alpha value is -3.15. The molecular weight excluding hydrogens is 414 g/mol. The van der Waals surface area contributed by atoms with E-state index in [1.54, 1.807) is 43.8 Å². The first kappa shape index (κ1) is 24.5. The van der Waals surface area contributed by atoms with Gasteiger partial charge in [0.05, 0.1) is 7.11 Å². The zero-order valence-electron chi connectivity index (χ0n) is 20.0. The average molecular weight is 450 g/mol. The van der Waals surface area contributed by atoms with Crippen molar-refractivity contribution in [2.45, 2.75) is 40.2 Å². The van der Waals surface area contributed by atoms with Crippen molar-refractivity contribution >= 4 is 11.8 Å². The molecule has 1 aliphatic rings. The van der Waals surface area contributed by atoms with Crippen LogP contribution >= 0.6 is 0 Å². The number of aromatic nitrogens is 1. The molecule has 0 bridgehead atoms. The van der Waals surface area contributed by atoms with Gasteiger partial charge in [-0.15, -0.1) is 0 Å². The summed E-state index contributed by atoms with van der Waals surface area (Å²) in [6, 6.07) is 11.0. The van der Waals surface area contributed by atoms with Crippen LogP contribution in [0.5, 0.6) is 5.75 Å².